The maximum Gasteiger partial charge on any atom is 0.311 e. The molecule has 0 radical (unpaired) electrons. The number of ether oxygens (including phenoxy) is 1. The van der Waals surface area contributed by atoms with Crippen LogP contribution in [-0.4, -0.2) is 11.5 Å². The minimum absolute atomic E-state index is 0. The first kappa shape index (κ1) is 27.1. The lowest BCUT2D eigenvalue weighted by atomic mass is 9.82. The SMILES string of the molecule is Br.CCCCCCCCCCCCC(CC(=O)Oc1ccccc1)C(C)(C)N. The molecule has 162 valence electrons. The first-order valence-electron chi connectivity index (χ1n) is 11.0. The number of benzene rings is 1. The van der Waals surface area contributed by atoms with Gasteiger partial charge in [0.1, 0.15) is 5.75 Å². The van der Waals surface area contributed by atoms with Crippen LogP contribution in [0.2, 0.25) is 0 Å². The van der Waals surface area contributed by atoms with Crippen LogP contribution in [0.3, 0.4) is 0 Å². The smallest absolute Gasteiger partial charge is 0.311 e. The molecular formula is C24H42BrNO2. The molecule has 0 amide bonds. The number of unbranched alkanes of at least 4 members (excludes halogenated alkanes) is 9. The number of rotatable bonds is 15. The van der Waals surface area contributed by atoms with E-state index >= 15 is 0 Å². The Kier molecular flexibility index (Phi) is 15.5. The van der Waals surface area contributed by atoms with E-state index in [-0.39, 0.29) is 34.4 Å². The monoisotopic (exact) mass is 455 g/mol. The number of hydrogen-bond acceptors (Lipinski definition) is 3. The third-order valence-corrected chi connectivity index (χ3v) is 5.35. The Morgan fingerprint density at radius 3 is 1.93 bits per heavy atom. The number of esters is 1. The summed E-state index contributed by atoms with van der Waals surface area (Å²) in [5.41, 5.74) is 5.97. The highest BCUT2D eigenvalue weighted by Gasteiger charge is 2.27. The molecule has 1 atom stereocenters. The molecule has 0 heterocycles. The third-order valence-electron chi connectivity index (χ3n) is 5.35. The predicted octanol–water partition coefficient (Wildman–Crippen LogP) is 7.22. The fourth-order valence-electron chi connectivity index (χ4n) is 3.48. The van der Waals surface area contributed by atoms with Crippen molar-refractivity contribution in [2.24, 2.45) is 11.7 Å². The highest BCUT2D eigenvalue weighted by atomic mass is 79.9. The fraction of sp³-hybridized carbons (Fsp3) is 0.708. The van der Waals surface area contributed by atoms with E-state index in [2.05, 4.69) is 6.92 Å². The Morgan fingerprint density at radius 2 is 1.43 bits per heavy atom. The molecule has 0 bridgehead atoms. The van der Waals surface area contributed by atoms with Crippen molar-refractivity contribution < 1.29 is 9.53 Å². The van der Waals surface area contributed by atoms with E-state index in [4.69, 9.17) is 10.5 Å². The molecule has 0 fully saturated rings. The molecule has 0 aliphatic carbocycles. The zero-order chi connectivity index (χ0) is 20.0. The van der Waals surface area contributed by atoms with Crippen LogP contribution in [0, 0.1) is 5.92 Å². The molecule has 1 aromatic rings. The van der Waals surface area contributed by atoms with Crippen LogP contribution in [0.15, 0.2) is 30.3 Å². The summed E-state index contributed by atoms with van der Waals surface area (Å²) in [6.07, 6.45) is 14.6. The first-order chi connectivity index (χ1) is 12.9. The summed E-state index contributed by atoms with van der Waals surface area (Å²) in [7, 11) is 0. The molecule has 0 aliphatic rings. The van der Waals surface area contributed by atoms with Gasteiger partial charge >= 0.3 is 5.97 Å². The molecule has 0 aromatic heterocycles. The van der Waals surface area contributed by atoms with E-state index in [1.54, 1.807) is 0 Å². The Morgan fingerprint density at radius 1 is 0.929 bits per heavy atom. The zero-order valence-electron chi connectivity index (χ0n) is 18.3. The maximum absolute atomic E-state index is 12.3. The number of para-hydroxylation sites is 1. The lowest BCUT2D eigenvalue weighted by Gasteiger charge is -2.30. The molecule has 0 spiro atoms. The summed E-state index contributed by atoms with van der Waals surface area (Å²) in [5, 5.41) is 0. The normalized spacial score (nSPS) is 12.3. The van der Waals surface area contributed by atoms with Crippen molar-refractivity contribution in [2.45, 2.75) is 103 Å². The van der Waals surface area contributed by atoms with Gasteiger partial charge < -0.3 is 10.5 Å². The highest BCUT2D eigenvalue weighted by Crippen LogP contribution is 2.25. The van der Waals surface area contributed by atoms with Crippen LogP contribution in [0.4, 0.5) is 0 Å². The molecule has 0 aliphatic heterocycles. The van der Waals surface area contributed by atoms with Gasteiger partial charge in [-0.05, 0) is 38.3 Å². The summed E-state index contributed by atoms with van der Waals surface area (Å²) < 4.78 is 5.45. The average molecular weight is 457 g/mol. The van der Waals surface area contributed by atoms with Crippen LogP contribution >= 0.6 is 17.0 Å². The number of halogens is 1. The fourth-order valence-corrected chi connectivity index (χ4v) is 3.48. The van der Waals surface area contributed by atoms with Gasteiger partial charge in [0.15, 0.2) is 0 Å². The molecule has 0 saturated carbocycles. The Balaban J connectivity index is 0.00000729. The van der Waals surface area contributed by atoms with E-state index in [0.717, 1.165) is 12.8 Å². The largest absolute Gasteiger partial charge is 0.427 e. The quantitative estimate of drug-likeness (QED) is 0.172. The Hall–Kier alpha value is -0.870. The van der Waals surface area contributed by atoms with Crippen LogP contribution in [0.5, 0.6) is 5.75 Å². The molecule has 1 aromatic carbocycles. The standard InChI is InChI=1S/C24H41NO2.BrH/c1-4-5-6-7-8-9-10-11-12-14-17-21(24(2,3)25)20-23(26)27-22-18-15-13-16-19-22;/h13,15-16,18-19,21H,4-12,14,17,20,25H2,1-3H3;1H. The zero-order valence-corrected chi connectivity index (χ0v) is 20.0. The van der Waals surface area contributed by atoms with Crippen molar-refractivity contribution in [2.75, 3.05) is 0 Å². The second kappa shape index (κ2) is 16.0. The summed E-state index contributed by atoms with van der Waals surface area (Å²) in [6, 6.07) is 9.27. The van der Waals surface area contributed by atoms with Crippen molar-refractivity contribution in [3.05, 3.63) is 30.3 Å². The first-order valence-corrected chi connectivity index (χ1v) is 11.0. The molecule has 1 rings (SSSR count). The second-order valence-electron chi connectivity index (χ2n) is 8.48. The summed E-state index contributed by atoms with van der Waals surface area (Å²) in [6.45, 7) is 6.30. The number of hydrogen-bond donors (Lipinski definition) is 1. The average Bonchev–Trinajstić information content (AvgIpc) is 2.62. The summed E-state index contributed by atoms with van der Waals surface area (Å²) >= 11 is 0. The van der Waals surface area contributed by atoms with Gasteiger partial charge in [-0.25, -0.2) is 0 Å². The molecule has 4 heteroatoms. The van der Waals surface area contributed by atoms with Gasteiger partial charge in [0.05, 0.1) is 6.42 Å². The van der Waals surface area contributed by atoms with Crippen molar-refractivity contribution in [3.63, 3.8) is 0 Å². The molecule has 3 nitrogen and oxygen atoms in total. The molecule has 0 saturated heterocycles. The minimum atomic E-state index is -0.366. The summed E-state index contributed by atoms with van der Waals surface area (Å²) in [4.78, 5) is 12.3. The molecular weight excluding hydrogens is 414 g/mol. The Labute approximate surface area is 183 Å². The van der Waals surface area contributed by atoms with Gasteiger partial charge in [-0.1, -0.05) is 89.3 Å². The van der Waals surface area contributed by atoms with Gasteiger partial charge in [-0.15, -0.1) is 17.0 Å². The predicted molar refractivity (Wildman–Crippen MR) is 125 cm³/mol. The van der Waals surface area contributed by atoms with Gasteiger partial charge in [0, 0.05) is 5.54 Å². The number of carbonyl (C=O) groups excluding carboxylic acids is 1. The van der Waals surface area contributed by atoms with Crippen LogP contribution in [-0.2, 0) is 4.79 Å². The summed E-state index contributed by atoms with van der Waals surface area (Å²) in [5.74, 6) is 0.578. The second-order valence-corrected chi connectivity index (χ2v) is 8.48. The van der Waals surface area contributed by atoms with Gasteiger partial charge in [0.25, 0.3) is 0 Å². The van der Waals surface area contributed by atoms with Crippen LogP contribution in [0.1, 0.15) is 97.8 Å². The van der Waals surface area contributed by atoms with Crippen molar-refractivity contribution in [3.8, 4) is 5.75 Å². The number of carbonyl (C=O) groups is 1. The lowest BCUT2D eigenvalue weighted by Crippen LogP contribution is -2.42. The van der Waals surface area contributed by atoms with E-state index in [0.29, 0.717) is 12.2 Å². The maximum atomic E-state index is 12.3. The van der Waals surface area contributed by atoms with E-state index in [1.165, 1.54) is 57.8 Å². The van der Waals surface area contributed by atoms with Gasteiger partial charge in [-0.2, -0.15) is 0 Å². The minimum Gasteiger partial charge on any atom is -0.427 e. The van der Waals surface area contributed by atoms with Gasteiger partial charge in [-0.3, -0.25) is 4.79 Å². The van der Waals surface area contributed by atoms with E-state index in [9.17, 15) is 4.79 Å². The molecule has 1 unspecified atom stereocenters. The van der Waals surface area contributed by atoms with Crippen molar-refractivity contribution in [1.29, 1.82) is 0 Å². The van der Waals surface area contributed by atoms with Gasteiger partial charge in [0.2, 0.25) is 0 Å². The van der Waals surface area contributed by atoms with Crippen molar-refractivity contribution >= 4 is 23.0 Å². The van der Waals surface area contributed by atoms with E-state index < -0.39 is 0 Å². The third kappa shape index (κ3) is 13.3. The van der Waals surface area contributed by atoms with Crippen LogP contribution < -0.4 is 10.5 Å². The Bertz CT molecular complexity index is 499. The number of nitrogens with two attached hydrogens (primary N) is 1. The molecule has 28 heavy (non-hydrogen) atoms. The van der Waals surface area contributed by atoms with Crippen LogP contribution in [0.25, 0.3) is 0 Å². The highest BCUT2D eigenvalue weighted by molar-refractivity contribution is 8.93. The van der Waals surface area contributed by atoms with Crippen molar-refractivity contribution in [1.82, 2.24) is 0 Å². The molecule has 2 N–H and O–H groups in total. The topological polar surface area (TPSA) is 52.3 Å². The lowest BCUT2D eigenvalue weighted by molar-refractivity contribution is -0.136. The van der Waals surface area contributed by atoms with E-state index in [1.807, 2.05) is 44.2 Å².